The van der Waals surface area contributed by atoms with Crippen molar-refractivity contribution in [3.05, 3.63) is 63.7 Å². The molecule has 0 spiro atoms. The molecule has 0 aromatic heterocycles. The van der Waals surface area contributed by atoms with Gasteiger partial charge in [0.05, 0.1) is 0 Å². The van der Waals surface area contributed by atoms with Crippen LogP contribution >= 0.6 is 11.6 Å². The number of nitrogens with zero attached hydrogens (tertiary/aromatic N) is 1. The second-order valence-electron chi connectivity index (χ2n) is 9.38. The lowest BCUT2D eigenvalue weighted by Crippen LogP contribution is -2.52. The van der Waals surface area contributed by atoms with Crippen molar-refractivity contribution in [2.24, 2.45) is 0 Å². The molecule has 5 nitrogen and oxygen atoms in total. The lowest BCUT2D eigenvalue weighted by atomic mass is 9.95. The number of hydrogen-bond donors (Lipinski definition) is 1. The minimum atomic E-state index is -0.550. The fraction of sp³-hybridized carbons (Fsp3) is 0.500. The van der Waals surface area contributed by atoms with Crippen LogP contribution in [0.25, 0.3) is 0 Å². The van der Waals surface area contributed by atoms with Crippen molar-refractivity contribution in [1.82, 2.24) is 10.2 Å². The van der Waals surface area contributed by atoms with E-state index in [0.29, 0.717) is 23.7 Å². The molecule has 1 saturated carbocycles. The zero-order chi connectivity index (χ0) is 24.7. The van der Waals surface area contributed by atoms with Gasteiger partial charge in [-0.3, -0.25) is 9.59 Å². The Morgan fingerprint density at radius 3 is 2.32 bits per heavy atom. The Hall–Kier alpha value is -2.53. The molecule has 2 amide bonds. The number of hydrogen-bond acceptors (Lipinski definition) is 3. The van der Waals surface area contributed by atoms with Crippen LogP contribution in [0.4, 0.5) is 0 Å². The lowest BCUT2D eigenvalue weighted by molar-refractivity contribution is -0.143. The van der Waals surface area contributed by atoms with Gasteiger partial charge in [0.15, 0.2) is 6.61 Å². The van der Waals surface area contributed by atoms with Gasteiger partial charge in [0.25, 0.3) is 5.91 Å². The van der Waals surface area contributed by atoms with Crippen LogP contribution < -0.4 is 10.1 Å². The van der Waals surface area contributed by atoms with Crippen LogP contribution in [0.3, 0.4) is 0 Å². The van der Waals surface area contributed by atoms with Crippen molar-refractivity contribution >= 4 is 23.4 Å². The Bertz CT molecular complexity index is 978. The summed E-state index contributed by atoms with van der Waals surface area (Å²) in [6.45, 7) is 8.03. The topological polar surface area (TPSA) is 58.6 Å². The monoisotopic (exact) mass is 484 g/mol. The SMILES string of the molecule is CC[C@H](C(=O)NC1CCCCC1)N(Cc1ccccc1C)C(=O)COc1cc(C)c(Cl)c(C)c1. The first-order valence-electron chi connectivity index (χ1n) is 12.3. The number of benzene rings is 2. The summed E-state index contributed by atoms with van der Waals surface area (Å²) in [6.07, 6.45) is 6.05. The molecular formula is C28H37ClN2O3. The zero-order valence-electron chi connectivity index (χ0n) is 20.8. The summed E-state index contributed by atoms with van der Waals surface area (Å²) >= 11 is 6.27. The van der Waals surface area contributed by atoms with Gasteiger partial charge in [0, 0.05) is 17.6 Å². The van der Waals surface area contributed by atoms with Crippen LogP contribution in [-0.4, -0.2) is 35.4 Å². The normalized spacial score (nSPS) is 15.0. The highest BCUT2D eigenvalue weighted by Crippen LogP contribution is 2.26. The Morgan fingerprint density at radius 1 is 1.06 bits per heavy atom. The van der Waals surface area contributed by atoms with E-state index in [9.17, 15) is 9.59 Å². The summed E-state index contributed by atoms with van der Waals surface area (Å²) in [4.78, 5) is 28.4. The molecule has 2 aromatic rings. The number of rotatable bonds is 9. The zero-order valence-corrected chi connectivity index (χ0v) is 21.6. The van der Waals surface area contributed by atoms with Crippen LogP contribution in [-0.2, 0) is 16.1 Å². The minimum absolute atomic E-state index is 0.0745. The van der Waals surface area contributed by atoms with Gasteiger partial charge in [-0.05, 0) is 74.4 Å². The number of carbonyl (C=O) groups excluding carboxylic acids is 2. The first-order chi connectivity index (χ1) is 16.3. The maximum atomic E-state index is 13.5. The molecule has 1 fully saturated rings. The van der Waals surface area contributed by atoms with Gasteiger partial charge in [0.1, 0.15) is 11.8 Å². The minimum Gasteiger partial charge on any atom is -0.484 e. The Morgan fingerprint density at radius 2 is 1.71 bits per heavy atom. The molecule has 34 heavy (non-hydrogen) atoms. The van der Waals surface area contributed by atoms with Crippen molar-refractivity contribution < 1.29 is 14.3 Å². The summed E-state index contributed by atoms with van der Waals surface area (Å²) in [5.41, 5.74) is 3.92. The van der Waals surface area contributed by atoms with E-state index in [2.05, 4.69) is 5.32 Å². The molecule has 0 saturated heterocycles. The van der Waals surface area contributed by atoms with Crippen molar-refractivity contribution in [3.63, 3.8) is 0 Å². The molecule has 0 bridgehead atoms. The highest BCUT2D eigenvalue weighted by Gasteiger charge is 2.30. The quantitative estimate of drug-likeness (QED) is 0.482. The van der Waals surface area contributed by atoms with E-state index in [1.807, 2.05) is 64.1 Å². The van der Waals surface area contributed by atoms with Gasteiger partial charge in [-0.1, -0.05) is 62.1 Å². The second-order valence-corrected chi connectivity index (χ2v) is 9.75. The number of nitrogens with one attached hydrogen (secondary N) is 1. The lowest BCUT2D eigenvalue weighted by Gasteiger charge is -2.33. The third kappa shape index (κ3) is 6.75. The van der Waals surface area contributed by atoms with E-state index < -0.39 is 6.04 Å². The third-order valence-electron chi connectivity index (χ3n) is 6.71. The van der Waals surface area contributed by atoms with Gasteiger partial charge < -0.3 is 15.0 Å². The van der Waals surface area contributed by atoms with Crippen LogP contribution in [0.2, 0.25) is 5.02 Å². The summed E-state index contributed by atoms with van der Waals surface area (Å²) in [6, 6.07) is 11.3. The molecule has 2 aromatic carbocycles. The van der Waals surface area contributed by atoms with Gasteiger partial charge in [-0.25, -0.2) is 0 Å². The highest BCUT2D eigenvalue weighted by atomic mass is 35.5. The average Bonchev–Trinajstić information content (AvgIpc) is 2.82. The average molecular weight is 485 g/mol. The molecule has 1 N–H and O–H groups in total. The van der Waals surface area contributed by atoms with Crippen molar-refractivity contribution in [1.29, 1.82) is 0 Å². The van der Waals surface area contributed by atoms with Gasteiger partial charge in [-0.15, -0.1) is 0 Å². The third-order valence-corrected chi connectivity index (χ3v) is 7.31. The van der Waals surface area contributed by atoms with Crippen LogP contribution in [0.1, 0.15) is 67.7 Å². The first-order valence-corrected chi connectivity index (χ1v) is 12.7. The Kier molecular flexibility index (Phi) is 9.40. The number of amides is 2. The van der Waals surface area contributed by atoms with E-state index in [-0.39, 0.29) is 24.5 Å². The van der Waals surface area contributed by atoms with E-state index in [4.69, 9.17) is 16.3 Å². The molecule has 1 aliphatic carbocycles. The van der Waals surface area contributed by atoms with Crippen LogP contribution in [0.5, 0.6) is 5.75 Å². The van der Waals surface area contributed by atoms with Crippen LogP contribution in [0, 0.1) is 20.8 Å². The Labute approximate surface area is 208 Å². The predicted octanol–water partition coefficient (Wildman–Crippen LogP) is 5.90. The number of ether oxygens (including phenoxy) is 1. The van der Waals surface area contributed by atoms with Gasteiger partial charge in [0.2, 0.25) is 5.91 Å². The molecule has 1 atom stereocenters. The molecule has 3 rings (SSSR count). The summed E-state index contributed by atoms with van der Waals surface area (Å²) < 4.78 is 5.88. The fourth-order valence-corrected chi connectivity index (χ4v) is 4.76. The predicted molar refractivity (Wildman–Crippen MR) is 137 cm³/mol. The van der Waals surface area contributed by atoms with Crippen molar-refractivity contribution in [2.45, 2.75) is 84.8 Å². The summed E-state index contributed by atoms with van der Waals surface area (Å²) in [7, 11) is 0. The molecule has 0 radical (unpaired) electrons. The fourth-order valence-electron chi connectivity index (χ4n) is 4.65. The van der Waals surface area contributed by atoms with Gasteiger partial charge in [-0.2, -0.15) is 0 Å². The number of halogens is 1. The molecule has 184 valence electrons. The standard InChI is InChI=1S/C28H37ClN2O3/c1-5-25(28(33)30-23-13-7-6-8-14-23)31(17-22-12-10-9-11-19(22)2)26(32)18-34-24-15-20(3)27(29)21(4)16-24/h9-12,15-16,23,25H,5-8,13-14,17-18H2,1-4H3,(H,30,33)/t25-/m1/s1. The van der Waals surface area contributed by atoms with E-state index >= 15 is 0 Å². The highest BCUT2D eigenvalue weighted by molar-refractivity contribution is 6.32. The largest absolute Gasteiger partial charge is 0.484 e. The van der Waals surface area contributed by atoms with Gasteiger partial charge >= 0.3 is 0 Å². The first kappa shape index (κ1) is 26.1. The summed E-state index contributed by atoms with van der Waals surface area (Å²) in [5.74, 6) is 0.317. The molecular weight excluding hydrogens is 448 g/mol. The van der Waals surface area contributed by atoms with Crippen molar-refractivity contribution in [3.8, 4) is 5.75 Å². The van der Waals surface area contributed by atoms with E-state index in [0.717, 1.165) is 47.9 Å². The molecule has 0 aliphatic heterocycles. The molecule has 6 heteroatoms. The number of aryl methyl sites for hydroxylation is 3. The van der Waals surface area contributed by atoms with E-state index in [1.54, 1.807) is 4.90 Å². The number of carbonyl (C=O) groups is 2. The smallest absolute Gasteiger partial charge is 0.261 e. The molecule has 0 heterocycles. The molecule has 0 unspecified atom stereocenters. The summed E-state index contributed by atoms with van der Waals surface area (Å²) in [5, 5.41) is 3.91. The maximum absolute atomic E-state index is 13.5. The van der Waals surface area contributed by atoms with Crippen LogP contribution in [0.15, 0.2) is 36.4 Å². The Balaban J connectivity index is 1.79. The van der Waals surface area contributed by atoms with Crippen molar-refractivity contribution in [2.75, 3.05) is 6.61 Å². The van der Waals surface area contributed by atoms with E-state index in [1.165, 1.54) is 6.42 Å². The maximum Gasteiger partial charge on any atom is 0.261 e. The molecule has 1 aliphatic rings. The second kappa shape index (κ2) is 12.3.